The number of hydrogen-bond acceptors (Lipinski definition) is 7. The van der Waals surface area contributed by atoms with Crippen LogP contribution in [-0.4, -0.2) is 73.8 Å². The van der Waals surface area contributed by atoms with E-state index in [1.54, 1.807) is 19.2 Å². The van der Waals surface area contributed by atoms with Gasteiger partial charge in [0.15, 0.2) is 0 Å². The van der Waals surface area contributed by atoms with Crippen molar-refractivity contribution in [2.45, 2.75) is 63.7 Å². The quantitative estimate of drug-likeness (QED) is 0.118. The first-order valence-corrected chi connectivity index (χ1v) is 13.2. The second-order valence-corrected chi connectivity index (χ2v) is 9.95. The monoisotopic (exact) mass is 568 g/mol. The number of carbonyl (C=O) groups excluding carboxylic acids is 4. The topological polar surface area (TPSA) is 238 Å². The van der Waals surface area contributed by atoms with Gasteiger partial charge in [-0.2, -0.15) is 0 Å². The highest BCUT2D eigenvalue weighted by Crippen LogP contribution is 2.19. The highest BCUT2D eigenvalue weighted by Gasteiger charge is 2.32. The van der Waals surface area contributed by atoms with Crippen LogP contribution in [0.4, 0.5) is 0 Å². The number of H-pyrrole nitrogens is 2. The molecule has 41 heavy (non-hydrogen) atoms. The number of fused-ring (bicyclic) bond motifs is 1. The molecule has 5 atom stereocenters. The Kier molecular flexibility index (Phi) is 10.6. The summed E-state index contributed by atoms with van der Waals surface area (Å²) >= 11 is 0. The average molecular weight is 569 g/mol. The molecule has 14 heteroatoms. The molecule has 0 saturated heterocycles. The Hall–Kier alpha value is -4.72. The number of carboxylic acid groups (broad SMARTS) is 1. The molecule has 220 valence electrons. The molecule has 5 unspecified atom stereocenters. The Morgan fingerprint density at radius 3 is 2.24 bits per heavy atom. The molecule has 0 bridgehead atoms. The summed E-state index contributed by atoms with van der Waals surface area (Å²) in [6.45, 7) is 3.68. The van der Waals surface area contributed by atoms with Crippen molar-refractivity contribution in [2.75, 3.05) is 0 Å². The predicted molar refractivity (Wildman–Crippen MR) is 149 cm³/mol. The minimum atomic E-state index is -1.51. The zero-order chi connectivity index (χ0) is 30.1. The van der Waals surface area contributed by atoms with E-state index in [0.717, 1.165) is 10.9 Å². The Morgan fingerprint density at radius 2 is 1.61 bits per heavy atom. The molecule has 0 aliphatic heterocycles. The van der Waals surface area contributed by atoms with Gasteiger partial charge in [0, 0.05) is 41.8 Å². The van der Waals surface area contributed by atoms with E-state index < -0.39 is 60.2 Å². The molecule has 2 aromatic heterocycles. The molecule has 0 spiro atoms. The van der Waals surface area contributed by atoms with Crippen LogP contribution in [0.3, 0.4) is 0 Å². The van der Waals surface area contributed by atoms with Crippen LogP contribution in [0.25, 0.3) is 10.9 Å². The lowest BCUT2D eigenvalue weighted by Crippen LogP contribution is -2.58. The summed E-state index contributed by atoms with van der Waals surface area (Å²) in [5, 5.41) is 18.1. The first kappa shape index (κ1) is 30.8. The summed E-state index contributed by atoms with van der Waals surface area (Å²) in [7, 11) is 0. The number of para-hydroxylation sites is 1. The van der Waals surface area contributed by atoms with Crippen molar-refractivity contribution in [3.05, 3.63) is 54.2 Å². The molecule has 0 radical (unpaired) electrons. The van der Waals surface area contributed by atoms with Gasteiger partial charge < -0.3 is 42.5 Å². The smallest absolute Gasteiger partial charge is 0.326 e. The third-order valence-corrected chi connectivity index (χ3v) is 6.92. The largest absolute Gasteiger partial charge is 0.480 e. The Labute approximate surface area is 236 Å². The summed E-state index contributed by atoms with van der Waals surface area (Å²) in [5.41, 5.74) is 13.3. The van der Waals surface area contributed by atoms with Gasteiger partial charge in [-0.05, 0) is 17.5 Å². The first-order valence-electron chi connectivity index (χ1n) is 13.2. The van der Waals surface area contributed by atoms with Gasteiger partial charge >= 0.3 is 5.97 Å². The number of rotatable bonds is 15. The number of nitrogens with zero attached hydrogens (tertiary/aromatic N) is 1. The van der Waals surface area contributed by atoms with E-state index in [2.05, 4.69) is 30.9 Å². The number of nitrogens with two attached hydrogens (primary N) is 2. The van der Waals surface area contributed by atoms with E-state index in [1.165, 1.54) is 12.5 Å². The lowest BCUT2D eigenvalue weighted by atomic mass is 9.98. The van der Waals surface area contributed by atoms with Gasteiger partial charge in [-0.3, -0.25) is 19.2 Å². The number of hydrogen-bond donors (Lipinski definition) is 8. The molecule has 0 aliphatic carbocycles. The lowest BCUT2D eigenvalue weighted by molar-refractivity contribution is -0.142. The summed E-state index contributed by atoms with van der Waals surface area (Å²) in [6, 6.07) is 2.33. The molecular weight excluding hydrogens is 532 g/mol. The van der Waals surface area contributed by atoms with Crippen molar-refractivity contribution in [3.63, 3.8) is 0 Å². The van der Waals surface area contributed by atoms with Gasteiger partial charge in [0.05, 0.1) is 18.8 Å². The number of nitrogens with one attached hydrogen (secondary N) is 5. The number of aromatic nitrogens is 3. The maximum atomic E-state index is 13.3. The summed E-state index contributed by atoms with van der Waals surface area (Å²) in [4.78, 5) is 72.9. The molecule has 4 amide bonds. The van der Waals surface area contributed by atoms with E-state index in [-0.39, 0.29) is 18.8 Å². The van der Waals surface area contributed by atoms with Gasteiger partial charge in [0.2, 0.25) is 23.6 Å². The van der Waals surface area contributed by atoms with Crippen molar-refractivity contribution in [1.29, 1.82) is 0 Å². The van der Waals surface area contributed by atoms with E-state index >= 15 is 0 Å². The van der Waals surface area contributed by atoms with Crippen LogP contribution in [0.2, 0.25) is 0 Å². The molecule has 10 N–H and O–H groups in total. The minimum Gasteiger partial charge on any atom is -0.480 e. The number of carbonyl (C=O) groups is 5. The van der Waals surface area contributed by atoms with E-state index in [0.29, 0.717) is 17.7 Å². The Bertz CT molecular complexity index is 1370. The van der Waals surface area contributed by atoms with Crippen LogP contribution in [0.1, 0.15) is 37.9 Å². The Morgan fingerprint density at radius 1 is 0.951 bits per heavy atom. The predicted octanol–water partition coefficient (Wildman–Crippen LogP) is -0.536. The van der Waals surface area contributed by atoms with Gasteiger partial charge in [0.25, 0.3) is 0 Å². The standard InChI is InChI=1S/C27H36N8O6/c1-3-14(2)23(29)26(39)34-19(9-16-12-30-13-32-16)24(37)33-20(10-22(28)36)25(38)35-21(27(40)41)8-15-11-31-18-7-5-4-6-17(15)18/h4-7,11-14,19-21,23,31H,3,8-10,29H2,1-2H3,(H2,28,36)(H,30,32)(H,33,37)(H,34,39)(H,35,38)(H,40,41). The van der Waals surface area contributed by atoms with Crippen LogP contribution >= 0.6 is 0 Å². The second kappa shape index (κ2) is 14.1. The number of carboxylic acids is 1. The van der Waals surface area contributed by atoms with E-state index in [9.17, 15) is 29.1 Å². The van der Waals surface area contributed by atoms with Crippen LogP contribution in [-0.2, 0) is 36.8 Å². The van der Waals surface area contributed by atoms with Gasteiger partial charge in [0.1, 0.15) is 18.1 Å². The number of benzene rings is 1. The second-order valence-electron chi connectivity index (χ2n) is 9.95. The number of amides is 4. The molecule has 3 aromatic rings. The number of aliphatic carboxylic acids is 1. The third-order valence-electron chi connectivity index (χ3n) is 6.92. The van der Waals surface area contributed by atoms with Crippen molar-refractivity contribution in [3.8, 4) is 0 Å². The normalized spacial score (nSPS) is 14.8. The molecule has 3 rings (SSSR count). The highest BCUT2D eigenvalue weighted by atomic mass is 16.4. The van der Waals surface area contributed by atoms with Crippen molar-refractivity contribution < 1.29 is 29.1 Å². The number of imidazole rings is 1. The van der Waals surface area contributed by atoms with Crippen molar-refractivity contribution in [1.82, 2.24) is 30.9 Å². The average Bonchev–Trinajstić information content (AvgIpc) is 3.60. The van der Waals surface area contributed by atoms with E-state index in [4.69, 9.17) is 11.5 Å². The van der Waals surface area contributed by atoms with Gasteiger partial charge in [-0.15, -0.1) is 0 Å². The summed E-state index contributed by atoms with van der Waals surface area (Å²) < 4.78 is 0. The fourth-order valence-corrected chi connectivity index (χ4v) is 4.28. The molecule has 1 aromatic carbocycles. The lowest BCUT2D eigenvalue weighted by Gasteiger charge is -2.25. The first-order chi connectivity index (χ1) is 19.5. The molecule has 14 nitrogen and oxygen atoms in total. The molecule has 2 heterocycles. The fourth-order valence-electron chi connectivity index (χ4n) is 4.28. The van der Waals surface area contributed by atoms with Crippen molar-refractivity contribution >= 4 is 40.5 Å². The maximum absolute atomic E-state index is 13.3. The van der Waals surface area contributed by atoms with Crippen molar-refractivity contribution in [2.24, 2.45) is 17.4 Å². The highest BCUT2D eigenvalue weighted by molar-refractivity contribution is 5.96. The minimum absolute atomic E-state index is 0.0198. The van der Waals surface area contributed by atoms with Crippen LogP contribution in [0.5, 0.6) is 0 Å². The number of primary amides is 1. The van der Waals surface area contributed by atoms with Gasteiger partial charge in [-0.1, -0.05) is 38.5 Å². The van der Waals surface area contributed by atoms with Crippen LogP contribution < -0.4 is 27.4 Å². The van der Waals surface area contributed by atoms with Gasteiger partial charge in [-0.25, -0.2) is 9.78 Å². The number of aromatic amines is 2. The Balaban J connectivity index is 1.77. The zero-order valence-electron chi connectivity index (χ0n) is 22.8. The molecular formula is C27H36N8O6. The SMILES string of the molecule is CCC(C)C(N)C(=O)NC(Cc1cnc[nH]1)C(=O)NC(CC(N)=O)C(=O)NC(Cc1c[nH]c2ccccc12)C(=O)O. The summed E-state index contributed by atoms with van der Waals surface area (Å²) in [5.74, 6) is -4.66. The molecule has 0 saturated carbocycles. The van der Waals surface area contributed by atoms with Crippen LogP contribution in [0.15, 0.2) is 43.0 Å². The van der Waals surface area contributed by atoms with Crippen LogP contribution in [0, 0.1) is 5.92 Å². The maximum Gasteiger partial charge on any atom is 0.326 e. The molecule has 0 aliphatic rings. The summed E-state index contributed by atoms with van der Waals surface area (Å²) in [6.07, 6.45) is 4.48. The van der Waals surface area contributed by atoms with E-state index in [1.807, 2.05) is 25.1 Å². The third kappa shape index (κ3) is 8.38. The fraction of sp³-hybridized carbons (Fsp3) is 0.407. The molecule has 0 fully saturated rings. The zero-order valence-corrected chi connectivity index (χ0v) is 22.8.